The molecule has 1 heterocycles. The van der Waals surface area contributed by atoms with Gasteiger partial charge in [-0.15, -0.1) is 0 Å². The van der Waals surface area contributed by atoms with Gasteiger partial charge in [0.2, 0.25) is 5.90 Å². The first kappa shape index (κ1) is 23.9. The van der Waals surface area contributed by atoms with E-state index in [2.05, 4.69) is 72.8 Å². The highest BCUT2D eigenvalue weighted by Crippen LogP contribution is 2.32. The lowest BCUT2D eigenvalue weighted by atomic mass is 10.2. The normalized spacial score (nSPS) is 14.5. The molecule has 0 aliphatic carbocycles. The van der Waals surface area contributed by atoms with Crippen LogP contribution >= 0.6 is 79.4 Å². The molecule has 3 aromatic carbocycles. The standard InChI is InChI=1S/C23H12ClFI3NO3/c24-16-6-5-14(26)10-15(16)22-29-20(23(30)32-22)9-12-7-18(27)21(19(28)8-12)31-11-13-3-1-2-4-17(13)25/h1-10H,11H2/b20-9-. The number of benzene rings is 3. The Balaban J connectivity index is 1.59. The van der Waals surface area contributed by atoms with E-state index in [0.717, 1.165) is 16.3 Å². The molecule has 4 rings (SSSR count). The zero-order chi connectivity index (χ0) is 22.8. The minimum atomic E-state index is -0.542. The van der Waals surface area contributed by atoms with Crippen LogP contribution in [0.25, 0.3) is 6.08 Å². The fourth-order valence-corrected chi connectivity index (χ4v) is 5.73. The Bertz CT molecular complexity index is 1270. The number of carbonyl (C=O) groups is 1. The molecule has 1 aliphatic rings. The van der Waals surface area contributed by atoms with Gasteiger partial charge in [0.1, 0.15) is 18.2 Å². The van der Waals surface area contributed by atoms with E-state index in [1.807, 2.05) is 24.3 Å². The van der Waals surface area contributed by atoms with Gasteiger partial charge in [-0.1, -0.05) is 29.8 Å². The summed E-state index contributed by atoms with van der Waals surface area (Å²) in [6.45, 7) is 0.121. The molecule has 0 saturated heterocycles. The summed E-state index contributed by atoms with van der Waals surface area (Å²) in [6.07, 6.45) is 1.65. The zero-order valence-corrected chi connectivity index (χ0v) is 23.3. The molecule has 9 heteroatoms. The Morgan fingerprint density at radius 1 is 1.06 bits per heavy atom. The molecule has 0 bridgehead atoms. The lowest BCUT2D eigenvalue weighted by Gasteiger charge is -2.12. The summed E-state index contributed by atoms with van der Waals surface area (Å²) in [7, 11) is 0. The summed E-state index contributed by atoms with van der Waals surface area (Å²) in [5.41, 5.74) is 2.00. The molecule has 0 fully saturated rings. The number of nitrogens with zero attached hydrogens (tertiary/aromatic N) is 1. The smallest absolute Gasteiger partial charge is 0.363 e. The maximum atomic E-state index is 13.9. The number of cyclic esters (lactones) is 1. The van der Waals surface area contributed by atoms with Crippen LogP contribution in [0.1, 0.15) is 16.7 Å². The van der Waals surface area contributed by atoms with Crippen LogP contribution in [-0.2, 0) is 16.1 Å². The minimum absolute atomic E-state index is 0.121. The Hall–Kier alpha value is -1.25. The van der Waals surface area contributed by atoms with Gasteiger partial charge in [0.05, 0.1) is 17.7 Å². The summed E-state index contributed by atoms with van der Waals surface area (Å²) in [5.74, 6) is -0.0141. The summed E-state index contributed by atoms with van der Waals surface area (Å²) in [5, 5.41) is 0.457. The van der Waals surface area contributed by atoms with Crippen molar-refractivity contribution in [2.24, 2.45) is 4.99 Å². The highest BCUT2D eigenvalue weighted by Gasteiger charge is 2.26. The molecule has 0 saturated carbocycles. The number of rotatable bonds is 5. The SMILES string of the molecule is O=C1OC(c2cc(I)ccc2Cl)=N/C1=C\c1cc(I)c(OCc2ccccc2F)c(I)c1. The van der Waals surface area contributed by atoms with Crippen LogP contribution in [0.5, 0.6) is 5.75 Å². The van der Waals surface area contributed by atoms with E-state index >= 15 is 0 Å². The van der Waals surface area contributed by atoms with Gasteiger partial charge in [-0.25, -0.2) is 14.2 Å². The van der Waals surface area contributed by atoms with Crippen LogP contribution in [0, 0.1) is 16.5 Å². The monoisotopic (exact) mass is 785 g/mol. The Labute approximate surface area is 229 Å². The second kappa shape index (κ2) is 10.3. The second-order valence-corrected chi connectivity index (χ2v) is 10.6. The lowest BCUT2D eigenvalue weighted by molar-refractivity contribution is -0.129. The van der Waals surface area contributed by atoms with Gasteiger partial charge in [0.25, 0.3) is 0 Å². The van der Waals surface area contributed by atoms with Crippen LogP contribution < -0.4 is 4.74 Å². The fourth-order valence-electron chi connectivity index (χ4n) is 2.91. The van der Waals surface area contributed by atoms with Gasteiger partial charge < -0.3 is 9.47 Å². The molecular formula is C23H12ClFI3NO3. The number of halogens is 5. The molecule has 0 amide bonds. The average Bonchev–Trinajstić information content (AvgIpc) is 3.10. The van der Waals surface area contributed by atoms with Crippen LogP contribution in [0.4, 0.5) is 4.39 Å². The Kier molecular flexibility index (Phi) is 7.73. The fraction of sp³-hybridized carbons (Fsp3) is 0.0435. The quantitative estimate of drug-likeness (QED) is 0.156. The third-order valence-corrected chi connectivity index (χ3v) is 7.04. The van der Waals surface area contributed by atoms with Crippen molar-refractivity contribution in [2.45, 2.75) is 6.61 Å². The third kappa shape index (κ3) is 5.45. The van der Waals surface area contributed by atoms with E-state index in [9.17, 15) is 9.18 Å². The number of carbonyl (C=O) groups excluding carboxylic acids is 1. The van der Waals surface area contributed by atoms with Crippen molar-refractivity contribution in [3.63, 3.8) is 0 Å². The van der Waals surface area contributed by atoms with Crippen molar-refractivity contribution in [2.75, 3.05) is 0 Å². The van der Waals surface area contributed by atoms with Gasteiger partial charge in [-0.3, -0.25) is 0 Å². The molecule has 3 aromatic rings. The van der Waals surface area contributed by atoms with Crippen LogP contribution in [-0.4, -0.2) is 11.9 Å². The highest BCUT2D eigenvalue weighted by atomic mass is 127. The van der Waals surface area contributed by atoms with Crippen LogP contribution in [0.15, 0.2) is 65.3 Å². The van der Waals surface area contributed by atoms with E-state index in [4.69, 9.17) is 21.1 Å². The first-order valence-electron chi connectivity index (χ1n) is 9.15. The maximum absolute atomic E-state index is 13.9. The summed E-state index contributed by atoms with van der Waals surface area (Å²) < 4.78 is 27.7. The molecule has 0 atom stereocenters. The van der Waals surface area contributed by atoms with E-state index < -0.39 is 5.97 Å². The van der Waals surface area contributed by atoms with Gasteiger partial charge in [0.15, 0.2) is 5.70 Å². The molecule has 162 valence electrons. The van der Waals surface area contributed by atoms with E-state index in [0.29, 0.717) is 21.9 Å². The second-order valence-electron chi connectivity index (χ2n) is 6.65. The number of aliphatic imine (C=N–C) groups is 1. The van der Waals surface area contributed by atoms with Crippen LogP contribution in [0.3, 0.4) is 0 Å². The molecular weight excluding hydrogens is 773 g/mol. The van der Waals surface area contributed by atoms with Gasteiger partial charge in [0, 0.05) is 9.13 Å². The van der Waals surface area contributed by atoms with Crippen molar-refractivity contribution in [1.29, 1.82) is 0 Å². The van der Waals surface area contributed by atoms with Crippen molar-refractivity contribution in [1.82, 2.24) is 0 Å². The topological polar surface area (TPSA) is 47.9 Å². The summed E-state index contributed by atoms with van der Waals surface area (Å²) in [6, 6.07) is 15.7. The zero-order valence-electron chi connectivity index (χ0n) is 16.0. The third-order valence-electron chi connectivity index (χ3n) is 4.43. The molecule has 32 heavy (non-hydrogen) atoms. The van der Waals surface area contributed by atoms with Crippen molar-refractivity contribution in [3.8, 4) is 5.75 Å². The lowest BCUT2D eigenvalue weighted by Crippen LogP contribution is -2.06. The largest absolute Gasteiger partial charge is 0.487 e. The summed E-state index contributed by atoms with van der Waals surface area (Å²) >= 11 is 12.7. The number of esters is 1. The number of hydrogen-bond acceptors (Lipinski definition) is 4. The summed E-state index contributed by atoms with van der Waals surface area (Å²) in [4.78, 5) is 16.7. The van der Waals surface area contributed by atoms with Gasteiger partial charge >= 0.3 is 5.97 Å². The van der Waals surface area contributed by atoms with Gasteiger partial charge in [-0.05, 0) is 116 Å². The minimum Gasteiger partial charge on any atom is -0.487 e. The van der Waals surface area contributed by atoms with E-state index in [-0.39, 0.29) is 24.0 Å². The predicted octanol–water partition coefficient (Wildman–Crippen LogP) is 7.22. The van der Waals surface area contributed by atoms with Gasteiger partial charge in [-0.2, -0.15) is 0 Å². The first-order valence-corrected chi connectivity index (χ1v) is 12.8. The first-order chi connectivity index (χ1) is 15.3. The van der Waals surface area contributed by atoms with E-state index in [1.54, 1.807) is 30.3 Å². The highest BCUT2D eigenvalue weighted by molar-refractivity contribution is 14.1. The molecule has 0 unspecified atom stereocenters. The van der Waals surface area contributed by atoms with E-state index in [1.165, 1.54) is 6.07 Å². The van der Waals surface area contributed by atoms with Crippen molar-refractivity contribution >= 4 is 97.3 Å². The Morgan fingerprint density at radius 2 is 1.78 bits per heavy atom. The molecule has 0 N–H and O–H groups in total. The predicted molar refractivity (Wildman–Crippen MR) is 147 cm³/mol. The average molecular weight is 786 g/mol. The Morgan fingerprint density at radius 3 is 2.50 bits per heavy atom. The molecule has 1 aliphatic heterocycles. The number of ether oxygens (including phenoxy) is 2. The molecule has 0 aromatic heterocycles. The van der Waals surface area contributed by atoms with Crippen LogP contribution in [0.2, 0.25) is 5.02 Å². The maximum Gasteiger partial charge on any atom is 0.363 e. The van der Waals surface area contributed by atoms with Crippen molar-refractivity contribution in [3.05, 3.63) is 98.5 Å². The molecule has 0 radical (unpaired) electrons. The molecule has 0 spiro atoms. The number of hydrogen-bond donors (Lipinski definition) is 0. The van der Waals surface area contributed by atoms with Crippen molar-refractivity contribution < 1.29 is 18.7 Å². The molecule has 4 nitrogen and oxygen atoms in total.